The number of methoxy groups -OCH3 is 1. The lowest BCUT2D eigenvalue weighted by Gasteiger charge is -2.35. The van der Waals surface area contributed by atoms with Crippen LogP contribution in [0.4, 0.5) is 0 Å². The third kappa shape index (κ3) is 4.94. The van der Waals surface area contributed by atoms with Gasteiger partial charge in [0, 0.05) is 26.2 Å². The molecule has 1 aliphatic rings. The number of hydrogen-bond donors (Lipinski definition) is 1. The van der Waals surface area contributed by atoms with Crippen molar-refractivity contribution >= 4 is 0 Å². The Balaban J connectivity index is 2.45. The molecule has 3 atom stereocenters. The van der Waals surface area contributed by atoms with Gasteiger partial charge < -0.3 is 9.84 Å². The van der Waals surface area contributed by atoms with Crippen molar-refractivity contribution in [1.82, 2.24) is 4.90 Å². The zero-order chi connectivity index (χ0) is 12.7. The fourth-order valence-corrected chi connectivity index (χ4v) is 2.66. The summed E-state index contributed by atoms with van der Waals surface area (Å²) in [5, 5.41) is 10.0. The number of aliphatic hydroxyl groups is 1. The van der Waals surface area contributed by atoms with Crippen LogP contribution < -0.4 is 0 Å². The molecule has 1 aliphatic carbocycles. The van der Waals surface area contributed by atoms with E-state index in [1.165, 1.54) is 19.3 Å². The average molecular weight is 243 g/mol. The van der Waals surface area contributed by atoms with Crippen LogP contribution >= 0.6 is 0 Å². The van der Waals surface area contributed by atoms with Gasteiger partial charge in [0.1, 0.15) is 0 Å². The van der Waals surface area contributed by atoms with Crippen molar-refractivity contribution in [3.63, 3.8) is 0 Å². The van der Waals surface area contributed by atoms with Crippen molar-refractivity contribution in [3.05, 3.63) is 0 Å². The summed E-state index contributed by atoms with van der Waals surface area (Å²) in [5.41, 5.74) is 0. The molecule has 0 aromatic carbocycles. The van der Waals surface area contributed by atoms with Crippen LogP contribution in [-0.4, -0.2) is 49.0 Å². The first-order valence-electron chi connectivity index (χ1n) is 7.10. The van der Waals surface area contributed by atoms with Crippen LogP contribution in [0.1, 0.15) is 46.0 Å². The Labute approximate surface area is 106 Å². The summed E-state index contributed by atoms with van der Waals surface area (Å²) in [5.74, 6) is 0.467. The molecule has 0 bridgehead atoms. The molecule has 1 fully saturated rings. The molecule has 17 heavy (non-hydrogen) atoms. The van der Waals surface area contributed by atoms with E-state index in [4.69, 9.17) is 4.74 Å². The van der Waals surface area contributed by atoms with Crippen molar-refractivity contribution in [2.45, 2.75) is 58.1 Å². The molecule has 0 heterocycles. The number of nitrogens with zero attached hydrogens (tertiary/aromatic N) is 1. The Morgan fingerprint density at radius 2 is 2.06 bits per heavy atom. The topological polar surface area (TPSA) is 32.7 Å². The first kappa shape index (κ1) is 14.9. The third-order valence-electron chi connectivity index (χ3n) is 4.13. The largest absolute Gasteiger partial charge is 0.393 e. The second-order valence-corrected chi connectivity index (χ2v) is 5.36. The van der Waals surface area contributed by atoms with Gasteiger partial charge in [-0.05, 0) is 32.1 Å². The van der Waals surface area contributed by atoms with Crippen LogP contribution in [0.2, 0.25) is 0 Å². The van der Waals surface area contributed by atoms with Gasteiger partial charge in [0.15, 0.2) is 0 Å². The van der Waals surface area contributed by atoms with E-state index < -0.39 is 0 Å². The summed E-state index contributed by atoms with van der Waals surface area (Å²) in [4.78, 5) is 2.47. The van der Waals surface area contributed by atoms with Gasteiger partial charge in [-0.3, -0.25) is 4.90 Å². The molecule has 0 aliphatic heterocycles. The van der Waals surface area contributed by atoms with E-state index in [0.29, 0.717) is 12.0 Å². The van der Waals surface area contributed by atoms with Gasteiger partial charge in [0.2, 0.25) is 0 Å². The van der Waals surface area contributed by atoms with E-state index in [9.17, 15) is 5.11 Å². The molecule has 0 radical (unpaired) electrons. The lowest BCUT2D eigenvalue weighted by atomic mass is 9.86. The molecule has 3 unspecified atom stereocenters. The molecule has 0 aromatic rings. The van der Waals surface area contributed by atoms with Gasteiger partial charge in [-0.2, -0.15) is 0 Å². The Morgan fingerprint density at radius 1 is 1.35 bits per heavy atom. The van der Waals surface area contributed by atoms with Crippen molar-refractivity contribution in [1.29, 1.82) is 0 Å². The second-order valence-electron chi connectivity index (χ2n) is 5.36. The van der Waals surface area contributed by atoms with Gasteiger partial charge in [0.05, 0.1) is 12.7 Å². The fraction of sp³-hybridized carbons (Fsp3) is 1.00. The zero-order valence-corrected chi connectivity index (χ0v) is 11.7. The molecule has 0 spiro atoms. The molecule has 0 saturated heterocycles. The van der Waals surface area contributed by atoms with Gasteiger partial charge in [-0.25, -0.2) is 0 Å². The molecule has 1 N–H and O–H groups in total. The van der Waals surface area contributed by atoms with E-state index in [0.717, 1.165) is 32.5 Å². The lowest BCUT2D eigenvalue weighted by Crippen LogP contribution is -2.42. The SMILES string of the molecule is CCC(C)N(CCOC)CC1CCCCC1O. The summed E-state index contributed by atoms with van der Waals surface area (Å²) < 4.78 is 5.18. The molecule has 1 rings (SSSR count). The van der Waals surface area contributed by atoms with E-state index in [1.54, 1.807) is 7.11 Å². The number of rotatable bonds is 7. The quantitative estimate of drug-likeness (QED) is 0.744. The Kier molecular flexibility index (Phi) is 7.09. The third-order valence-corrected chi connectivity index (χ3v) is 4.13. The Morgan fingerprint density at radius 3 is 2.65 bits per heavy atom. The average Bonchev–Trinajstić information content (AvgIpc) is 2.35. The number of ether oxygens (including phenoxy) is 1. The van der Waals surface area contributed by atoms with E-state index in [2.05, 4.69) is 18.7 Å². The lowest BCUT2D eigenvalue weighted by molar-refractivity contribution is 0.0294. The highest BCUT2D eigenvalue weighted by atomic mass is 16.5. The van der Waals surface area contributed by atoms with Gasteiger partial charge >= 0.3 is 0 Å². The smallest absolute Gasteiger partial charge is 0.0589 e. The molecular weight excluding hydrogens is 214 g/mol. The predicted molar refractivity (Wildman–Crippen MR) is 71.2 cm³/mol. The molecular formula is C14H29NO2. The summed E-state index contributed by atoms with van der Waals surface area (Å²) in [6.07, 6.45) is 5.72. The Bertz CT molecular complexity index is 199. The second kappa shape index (κ2) is 8.06. The van der Waals surface area contributed by atoms with Gasteiger partial charge in [-0.15, -0.1) is 0 Å². The number of hydrogen-bond acceptors (Lipinski definition) is 3. The van der Waals surface area contributed by atoms with E-state index >= 15 is 0 Å². The maximum Gasteiger partial charge on any atom is 0.0589 e. The summed E-state index contributed by atoms with van der Waals surface area (Å²) >= 11 is 0. The van der Waals surface area contributed by atoms with Crippen molar-refractivity contribution < 1.29 is 9.84 Å². The highest BCUT2D eigenvalue weighted by Crippen LogP contribution is 2.25. The first-order chi connectivity index (χ1) is 8.19. The van der Waals surface area contributed by atoms with E-state index in [1.807, 2.05) is 0 Å². The minimum Gasteiger partial charge on any atom is -0.393 e. The normalized spacial score (nSPS) is 27.4. The highest BCUT2D eigenvalue weighted by molar-refractivity contribution is 4.79. The summed E-state index contributed by atoms with van der Waals surface area (Å²) in [6, 6.07) is 0.583. The maximum atomic E-state index is 10.0. The monoisotopic (exact) mass is 243 g/mol. The van der Waals surface area contributed by atoms with Crippen molar-refractivity contribution in [2.24, 2.45) is 5.92 Å². The maximum absolute atomic E-state index is 10.0. The first-order valence-corrected chi connectivity index (χ1v) is 7.10. The standard InChI is InChI=1S/C14H29NO2/c1-4-12(2)15(9-10-17-3)11-13-7-5-6-8-14(13)16/h12-14,16H,4-11H2,1-3H3. The van der Waals surface area contributed by atoms with Crippen LogP contribution in [-0.2, 0) is 4.74 Å². The van der Waals surface area contributed by atoms with Crippen molar-refractivity contribution in [2.75, 3.05) is 26.8 Å². The van der Waals surface area contributed by atoms with Crippen molar-refractivity contribution in [3.8, 4) is 0 Å². The molecule has 3 heteroatoms. The predicted octanol–water partition coefficient (Wildman–Crippen LogP) is 2.28. The van der Waals surface area contributed by atoms with Gasteiger partial charge in [-0.1, -0.05) is 19.8 Å². The molecule has 3 nitrogen and oxygen atoms in total. The zero-order valence-electron chi connectivity index (χ0n) is 11.7. The minimum atomic E-state index is -0.0853. The molecule has 1 saturated carbocycles. The van der Waals surface area contributed by atoms with Crippen LogP contribution in [0.15, 0.2) is 0 Å². The molecule has 0 aromatic heterocycles. The van der Waals surface area contributed by atoms with Crippen LogP contribution in [0.3, 0.4) is 0 Å². The van der Waals surface area contributed by atoms with E-state index in [-0.39, 0.29) is 6.10 Å². The Hall–Kier alpha value is -0.120. The summed E-state index contributed by atoms with van der Waals surface area (Å²) in [7, 11) is 1.75. The van der Waals surface area contributed by atoms with Gasteiger partial charge in [0.25, 0.3) is 0 Å². The highest BCUT2D eigenvalue weighted by Gasteiger charge is 2.26. The van der Waals surface area contributed by atoms with Crippen LogP contribution in [0.25, 0.3) is 0 Å². The molecule has 0 amide bonds. The number of aliphatic hydroxyl groups excluding tert-OH is 1. The van der Waals surface area contributed by atoms with Crippen LogP contribution in [0.5, 0.6) is 0 Å². The van der Waals surface area contributed by atoms with Crippen LogP contribution in [0, 0.1) is 5.92 Å². The summed E-state index contributed by atoms with van der Waals surface area (Å²) in [6.45, 7) is 7.29. The fourth-order valence-electron chi connectivity index (χ4n) is 2.66. The minimum absolute atomic E-state index is 0.0853. The molecule has 102 valence electrons.